The maximum absolute atomic E-state index is 12.5. The van der Waals surface area contributed by atoms with Crippen molar-refractivity contribution in [1.82, 2.24) is 9.66 Å². The lowest BCUT2D eigenvalue weighted by atomic mass is 10.0. The third-order valence-electron chi connectivity index (χ3n) is 4.40. The van der Waals surface area contributed by atoms with E-state index < -0.39 is 11.5 Å². The van der Waals surface area contributed by atoms with Crippen molar-refractivity contribution in [2.75, 3.05) is 5.84 Å². The van der Waals surface area contributed by atoms with Gasteiger partial charge < -0.3 is 10.9 Å². The molecule has 0 saturated heterocycles. The molecular weight excluding hydrogens is 342 g/mol. The van der Waals surface area contributed by atoms with Gasteiger partial charge in [-0.1, -0.05) is 54.6 Å². The van der Waals surface area contributed by atoms with Crippen LogP contribution in [0.5, 0.6) is 0 Å². The molecule has 0 unspecified atom stereocenters. The predicted molar refractivity (Wildman–Crippen MR) is 104 cm³/mol. The van der Waals surface area contributed by atoms with Gasteiger partial charge in [0.2, 0.25) is 0 Å². The van der Waals surface area contributed by atoms with Crippen LogP contribution < -0.4 is 11.4 Å². The van der Waals surface area contributed by atoms with Gasteiger partial charge in [0, 0.05) is 5.56 Å². The molecule has 0 aliphatic carbocycles. The summed E-state index contributed by atoms with van der Waals surface area (Å²) >= 11 is 0. The number of carbonyl (C=O) groups is 1. The van der Waals surface area contributed by atoms with E-state index in [0.717, 1.165) is 15.8 Å². The third-order valence-corrected chi connectivity index (χ3v) is 4.40. The van der Waals surface area contributed by atoms with Gasteiger partial charge in [0.05, 0.1) is 16.5 Å². The molecule has 6 nitrogen and oxygen atoms in total. The van der Waals surface area contributed by atoms with Crippen LogP contribution in [0.25, 0.3) is 33.4 Å². The Morgan fingerprint density at radius 1 is 0.889 bits per heavy atom. The highest BCUT2D eigenvalue weighted by molar-refractivity contribution is 5.93. The first kappa shape index (κ1) is 16.5. The number of nitrogen functional groups attached to an aromatic ring is 1. The van der Waals surface area contributed by atoms with E-state index in [4.69, 9.17) is 10.9 Å². The number of hydrogen-bond acceptors (Lipinski definition) is 4. The van der Waals surface area contributed by atoms with Crippen LogP contribution in [-0.2, 0) is 0 Å². The van der Waals surface area contributed by atoms with Crippen molar-refractivity contribution in [3.63, 3.8) is 0 Å². The largest absolute Gasteiger partial charge is 0.478 e. The van der Waals surface area contributed by atoms with Crippen molar-refractivity contribution in [3.8, 4) is 22.5 Å². The van der Waals surface area contributed by atoms with E-state index >= 15 is 0 Å². The van der Waals surface area contributed by atoms with Crippen LogP contribution in [0, 0.1) is 0 Å². The molecule has 4 rings (SSSR count). The molecule has 1 aromatic heterocycles. The standard InChI is InChI=1S/C21H15N3O3/c22-24-19(15-8-6-14(7-9-15)13-4-2-1-3-5-13)23-18-12-16(21(26)27)10-11-17(18)20(24)25/h1-12H,22H2,(H,26,27). The molecule has 0 bridgehead atoms. The summed E-state index contributed by atoms with van der Waals surface area (Å²) in [7, 11) is 0. The molecule has 27 heavy (non-hydrogen) atoms. The second-order valence-electron chi connectivity index (χ2n) is 6.09. The quantitative estimate of drug-likeness (QED) is 0.549. The SMILES string of the molecule is Nn1c(-c2ccc(-c3ccccc3)cc2)nc2cc(C(=O)O)ccc2c1=O. The molecule has 4 aromatic rings. The van der Waals surface area contributed by atoms with Crippen LogP contribution in [0.15, 0.2) is 77.6 Å². The fraction of sp³-hybridized carbons (Fsp3) is 0. The minimum Gasteiger partial charge on any atom is -0.478 e. The minimum absolute atomic E-state index is 0.0644. The Morgan fingerprint density at radius 3 is 2.19 bits per heavy atom. The van der Waals surface area contributed by atoms with Gasteiger partial charge in [0.25, 0.3) is 5.56 Å². The normalized spacial score (nSPS) is 10.8. The number of aromatic carboxylic acids is 1. The Kier molecular flexibility index (Phi) is 3.93. The zero-order valence-corrected chi connectivity index (χ0v) is 14.2. The Labute approximate surface area is 154 Å². The third kappa shape index (κ3) is 2.93. The van der Waals surface area contributed by atoms with E-state index in [1.54, 1.807) is 0 Å². The first-order valence-corrected chi connectivity index (χ1v) is 8.25. The van der Waals surface area contributed by atoms with Crippen LogP contribution >= 0.6 is 0 Å². The molecule has 0 saturated carbocycles. The smallest absolute Gasteiger partial charge is 0.335 e. The Bertz CT molecular complexity index is 1210. The first-order valence-electron chi connectivity index (χ1n) is 8.25. The molecule has 1 heterocycles. The fourth-order valence-corrected chi connectivity index (χ4v) is 2.98. The van der Waals surface area contributed by atoms with E-state index in [2.05, 4.69) is 4.98 Å². The van der Waals surface area contributed by atoms with Crippen molar-refractivity contribution in [1.29, 1.82) is 0 Å². The first-order chi connectivity index (χ1) is 13.0. The number of hydrogen-bond donors (Lipinski definition) is 2. The second kappa shape index (κ2) is 6.42. The molecule has 6 heteroatoms. The van der Waals surface area contributed by atoms with E-state index in [1.165, 1.54) is 18.2 Å². The van der Waals surface area contributed by atoms with Crippen LogP contribution in [0.3, 0.4) is 0 Å². The maximum atomic E-state index is 12.5. The van der Waals surface area contributed by atoms with Gasteiger partial charge in [-0.2, -0.15) is 0 Å². The number of nitrogens with zero attached hydrogens (tertiary/aromatic N) is 2. The van der Waals surface area contributed by atoms with E-state index in [-0.39, 0.29) is 16.8 Å². The van der Waals surface area contributed by atoms with E-state index in [0.29, 0.717) is 11.1 Å². The van der Waals surface area contributed by atoms with Gasteiger partial charge in [0.15, 0.2) is 5.82 Å². The average molecular weight is 357 g/mol. The summed E-state index contributed by atoms with van der Waals surface area (Å²) in [4.78, 5) is 28.2. The van der Waals surface area contributed by atoms with Crippen molar-refractivity contribution in [2.24, 2.45) is 0 Å². The molecular formula is C21H15N3O3. The Hall–Kier alpha value is -3.93. The number of aromatic nitrogens is 2. The summed E-state index contributed by atoms with van der Waals surface area (Å²) in [5.74, 6) is 5.15. The molecule has 0 radical (unpaired) electrons. The number of nitrogens with two attached hydrogens (primary N) is 1. The number of fused-ring (bicyclic) bond motifs is 1. The highest BCUT2D eigenvalue weighted by Gasteiger charge is 2.13. The van der Waals surface area contributed by atoms with Crippen LogP contribution in [0.4, 0.5) is 0 Å². The zero-order valence-electron chi connectivity index (χ0n) is 14.2. The summed E-state index contributed by atoms with van der Waals surface area (Å²) in [5.41, 5.74) is 2.69. The van der Waals surface area contributed by atoms with E-state index in [9.17, 15) is 9.59 Å². The predicted octanol–water partition coefficient (Wildman–Crippen LogP) is 3.14. The van der Waals surface area contributed by atoms with Crippen LogP contribution in [0.2, 0.25) is 0 Å². The minimum atomic E-state index is -1.08. The molecule has 0 fully saturated rings. The lowest BCUT2D eigenvalue weighted by molar-refractivity contribution is 0.0697. The molecule has 0 aliphatic rings. The maximum Gasteiger partial charge on any atom is 0.335 e. The summed E-state index contributed by atoms with van der Waals surface area (Å²) in [5, 5.41) is 9.43. The molecule has 0 aliphatic heterocycles. The highest BCUT2D eigenvalue weighted by atomic mass is 16.4. The van der Waals surface area contributed by atoms with Gasteiger partial charge >= 0.3 is 5.97 Å². The van der Waals surface area contributed by atoms with E-state index in [1.807, 2.05) is 54.6 Å². The van der Waals surface area contributed by atoms with Gasteiger partial charge in [-0.25, -0.2) is 14.5 Å². The summed E-state index contributed by atoms with van der Waals surface area (Å²) in [6.45, 7) is 0. The van der Waals surface area contributed by atoms with Crippen molar-refractivity contribution >= 4 is 16.9 Å². The molecule has 132 valence electrons. The zero-order chi connectivity index (χ0) is 19.0. The lowest BCUT2D eigenvalue weighted by Crippen LogP contribution is -2.30. The summed E-state index contributed by atoms with van der Waals surface area (Å²) in [6.07, 6.45) is 0. The van der Waals surface area contributed by atoms with Crippen molar-refractivity contribution < 1.29 is 9.90 Å². The van der Waals surface area contributed by atoms with Crippen LogP contribution in [0.1, 0.15) is 10.4 Å². The fourth-order valence-electron chi connectivity index (χ4n) is 2.98. The molecule has 0 atom stereocenters. The second-order valence-corrected chi connectivity index (χ2v) is 6.09. The summed E-state index contributed by atoms with van der Waals surface area (Å²) < 4.78 is 0.986. The topological polar surface area (TPSA) is 98.2 Å². The number of carboxylic acid groups (broad SMARTS) is 1. The van der Waals surface area contributed by atoms with Crippen molar-refractivity contribution in [2.45, 2.75) is 0 Å². The summed E-state index contributed by atoms with van der Waals surface area (Å²) in [6, 6.07) is 21.6. The number of carboxylic acids is 1. The molecule has 0 amide bonds. The van der Waals surface area contributed by atoms with Crippen LogP contribution in [-0.4, -0.2) is 20.7 Å². The number of rotatable bonds is 3. The monoisotopic (exact) mass is 357 g/mol. The molecule has 3 aromatic carbocycles. The van der Waals surface area contributed by atoms with Crippen molar-refractivity contribution in [3.05, 3.63) is 88.7 Å². The molecule has 0 spiro atoms. The lowest BCUT2D eigenvalue weighted by Gasteiger charge is -2.10. The average Bonchev–Trinajstić information content (AvgIpc) is 2.71. The Morgan fingerprint density at radius 2 is 1.52 bits per heavy atom. The van der Waals surface area contributed by atoms with Gasteiger partial charge in [-0.15, -0.1) is 0 Å². The molecule has 3 N–H and O–H groups in total. The van der Waals surface area contributed by atoms with Gasteiger partial charge in [0.1, 0.15) is 0 Å². The van der Waals surface area contributed by atoms with Gasteiger partial charge in [-0.3, -0.25) is 4.79 Å². The highest BCUT2D eigenvalue weighted by Crippen LogP contribution is 2.24. The number of benzene rings is 3. The van der Waals surface area contributed by atoms with Gasteiger partial charge in [-0.05, 0) is 29.3 Å². The Balaban J connectivity index is 1.84.